The lowest BCUT2D eigenvalue weighted by molar-refractivity contribution is 0.584. The van der Waals surface area contributed by atoms with Crippen LogP contribution < -0.4 is 0 Å². The summed E-state index contributed by atoms with van der Waals surface area (Å²) in [7, 11) is 0. The Bertz CT molecular complexity index is 1050. The quantitative estimate of drug-likeness (QED) is 0.360. The van der Waals surface area contributed by atoms with E-state index in [1.54, 1.807) is 12.1 Å². The molecule has 0 aromatic heterocycles. The number of fused-ring (bicyclic) bond motifs is 3. The van der Waals surface area contributed by atoms with Crippen molar-refractivity contribution in [2.24, 2.45) is 0 Å². The Labute approximate surface area is 152 Å². The Hall–Kier alpha value is -3.19. The second kappa shape index (κ2) is 5.67. The molecule has 0 radical (unpaired) electrons. The largest absolute Gasteiger partial charge is 0.207 e. The van der Waals surface area contributed by atoms with Crippen LogP contribution in [-0.2, 0) is 5.41 Å². The van der Waals surface area contributed by atoms with Gasteiger partial charge in [-0.25, -0.2) is 4.39 Å². The SMILES string of the molecule is Fc1ccccc1C1(c2ccccc2)c2ccccc2-c2ccccc21. The maximum absolute atomic E-state index is 15.2. The van der Waals surface area contributed by atoms with Crippen molar-refractivity contribution in [3.05, 3.63) is 131 Å². The predicted octanol–water partition coefficient (Wildman–Crippen LogP) is 6.19. The zero-order valence-corrected chi connectivity index (χ0v) is 14.2. The molecule has 0 aliphatic heterocycles. The third-order valence-corrected chi connectivity index (χ3v) is 5.44. The highest BCUT2D eigenvalue weighted by Crippen LogP contribution is 2.56. The maximum atomic E-state index is 15.2. The first-order valence-corrected chi connectivity index (χ1v) is 8.83. The van der Waals surface area contributed by atoms with E-state index in [1.807, 2.05) is 42.5 Å². The van der Waals surface area contributed by atoms with Crippen LogP contribution in [0.15, 0.2) is 103 Å². The first-order chi connectivity index (χ1) is 12.8. The van der Waals surface area contributed by atoms with Gasteiger partial charge in [0, 0.05) is 5.56 Å². The average molecular weight is 336 g/mol. The van der Waals surface area contributed by atoms with Gasteiger partial charge >= 0.3 is 0 Å². The van der Waals surface area contributed by atoms with Crippen molar-refractivity contribution in [1.82, 2.24) is 0 Å². The molecule has 1 aliphatic rings. The molecule has 0 amide bonds. The molecule has 0 spiro atoms. The number of benzene rings is 4. The molecule has 0 nitrogen and oxygen atoms in total. The first-order valence-electron chi connectivity index (χ1n) is 8.83. The number of rotatable bonds is 2. The van der Waals surface area contributed by atoms with E-state index in [1.165, 1.54) is 11.1 Å². The Balaban J connectivity index is 2.00. The fourth-order valence-electron chi connectivity index (χ4n) is 4.45. The van der Waals surface area contributed by atoms with E-state index in [4.69, 9.17) is 0 Å². The molecule has 124 valence electrons. The fourth-order valence-corrected chi connectivity index (χ4v) is 4.45. The van der Waals surface area contributed by atoms with Crippen molar-refractivity contribution in [1.29, 1.82) is 0 Å². The molecule has 0 N–H and O–H groups in total. The van der Waals surface area contributed by atoms with E-state index in [0.717, 1.165) is 16.7 Å². The number of hydrogen-bond donors (Lipinski definition) is 0. The summed E-state index contributed by atoms with van der Waals surface area (Å²) >= 11 is 0. The van der Waals surface area contributed by atoms with Crippen LogP contribution in [0.1, 0.15) is 22.3 Å². The monoisotopic (exact) mass is 336 g/mol. The highest BCUT2D eigenvalue weighted by atomic mass is 19.1. The number of halogens is 1. The maximum Gasteiger partial charge on any atom is 0.127 e. The topological polar surface area (TPSA) is 0 Å². The smallest absolute Gasteiger partial charge is 0.127 e. The van der Waals surface area contributed by atoms with Gasteiger partial charge in [-0.15, -0.1) is 0 Å². The normalized spacial score (nSPS) is 13.9. The van der Waals surface area contributed by atoms with Gasteiger partial charge in [0.25, 0.3) is 0 Å². The summed E-state index contributed by atoms with van der Waals surface area (Å²) in [5, 5.41) is 0. The van der Waals surface area contributed by atoms with Crippen molar-refractivity contribution in [2.75, 3.05) is 0 Å². The predicted molar refractivity (Wildman–Crippen MR) is 104 cm³/mol. The van der Waals surface area contributed by atoms with Crippen molar-refractivity contribution in [3.63, 3.8) is 0 Å². The Kier molecular flexibility index (Phi) is 3.29. The first kappa shape index (κ1) is 15.1. The summed E-state index contributed by atoms with van der Waals surface area (Å²) < 4.78 is 15.2. The molecule has 0 unspecified atom stereocenters. The highest BCUT2D eigenvalue weighted by molar-refractivity contribution is 5.86. The van der Waals surface area contributed by atoms with E-state index in [2.05, 4.69) is 48.5 Å². The van der Waals surface area contributed by atoms with Crippen LogP contribution in [0.25, 0.3) is 11.1 Å². The molecule has 4 aromatic rings. The lowest BCUT2D eigenvalue weighted by atomic mass is 9.67. The Morgan fingerprint density at radius 3 is 1.50 bits per heavy atom. The van der Waals surface area contributed by atoms with Gasteiger partial charge in [-0.05, 0) is 33.9 Å². The zero-order valence-electron chi connectivity index (χ0n) is 14.2. The molecule has 0 bridgehead atoms. The molecule has 1 aliphatic carbocycles. The molecular formula is C25H17F. The van der Waals surface area contributed by atoms with Crippen molar-refractivity contribution < 1.29 is 4.39 Å². The standard InChI is InChI=1S/C25H17F/c26-24-17-9-8-16-23(24)25(18-10-2-1-3-11-18)21-14-6-4-12-19(21)20-13-5-7-15-22(20)25/h1-17H. The molecule has 0 atom stereocenters. The lowest BCUT2D eigenvalue weighted by Crippen LogP contribution is -2.29. The minimum Gasteiger partial charge on any atom is -0.207 e. The summed E-state index contributed by atoms with van der Waals surface area (Å²) in [6.07, 6.45) is 0. The van der Waals surface area contributed by atoms with Crippen molar-refractivity contribution in [2.45, 2.75) is 5.41 Å². The van der Waals surface area contributed by atoms with Gasteiger partial charge in [-0.2, -0.15) is 0 Å². The van der Waals surface area contributed by atoms with Crippen LogP contribution in [0, 0.1) is 5.82 Å². The van der Waals surface area contributed by atoms with Gasteiger partial charge in [0.2, 0.25) is 0 Å². The van der Waals surface area contributed by atoms with E-state index in [9.17, 15) is 0 Å². The van der Waals surface area contributed by atoms with Crippen molar-refractivity contribution >= 4 is 0 Å². The van der Waals surface area contributed by atoms with E-state index >= 15 is 4.39 Å². The van der Waals surface area contributed by atoms with Gasteiger partial charge in [0.1, 0.15) is 5.82 Å². The molecule has 1 heteroatoms. The van der Waals surface area contributed by atoms with Crippen LogP contribution in [-0.4, -0.2) is 0 Å². The molecule has 0 heterocycles. The molecule has 26 heavy (non-hydrogen) atoms. The van der Waals surface area contributed by atoms with Crippen LogP contribution in [0.4, 0.5) is 4.39 Å². The lowest BCUT2D eigenvalue weighted by Gasteiger charge is -2.34. The van der Waals surface area contributed by atoms with E-state index < -0.39 is 5.41 Å². The Morgan fingerprint density at radius 2 is 0.923 bits per heavy atom. The van der Waals surface area contributed by atoms with Crippen LogP contribution in [0.5, 0.6) is 0 Å². The minimum absolute atomic E-state index is 0.178. The van der Waals surface area contributed by atoms with Gasteiger partial charge in [0.15, 0.2) is 0 Å². The second-order valence-corrected chi connectivity index (χ2v) is 6.69. The van der Waals surface area contributed by atoms with E-state index in [0.29, 0.717) is 5.56 Å². The van der Waals surface area contributed by atoms with Gasteiger partial charge in [-0.1, -0.05) is 97.1 Å². The highest BCUT2D eigenvalue weighted by Gasteiger charge is 2.46. The van der Waals surface area contributed by atoms with Gasteiger partial charge < -0.3 is 0 Å². The summed E-state index contributed by atoms with van der Waals surface area (Å²) in [5.74, 6) is -0.178. The fraction of sp³-hybridized carbons (Fsp3) is 0.0400. The van der Waals surface area contributed by atoms with Gasteiger partial charge in [0.05, 0.1) is 5.41 Å². The summed E-state index contributed by atoms with van der Waals surface area (Å²) in [6.45, 7) is 0. The van der Waals surface area contributed by atoms with Crippen LogP contribution in [0.2, 0.25) is 0 Å². The summed E-state index contributed by atoms with van der Waals surface area (Å²) in [6, 6.07) is 34.2. The average Bonchev–Trinajstić information content (AvgIpc) is 3.01. The van der Waals surface area contributed by atoms with E-state index in [-0.39, 0.29) is 5.82 Å². The third-order valence-electron chi connectivity index (χ3n) is 5.44. The molecule has 0 saturated carbocycles. The van der Waals surface area contributed by atoms with Crippen LogP contribution >= 0.6 is 0 Å². The molecular weight excluding hydrogens is 319 g/mol. The molecule has 4 aromatic carbocycles. The Morgan fingerprint density at radius 1 is 0.462 bits per heavy atom. The number of hydrogen-bond acceptors (Lipinski definition) is 0. The summed E-state index contributed by atoms with van der Waals surface area (Å²) in [5.41, 5.74) is 5.77. The minimum atomic E-state index is -0.639. The van der Waals surface area contributed by atoms with Gasteiger partial charge in [-0.3, -0.25) is 0 Å². The zero-order chi connectivity index (χ0) is 17.6. The summed E-state index contributed by atoms with van der Waals surface area (Å²) in [4.78, 5) is 0. The van der Waals surface area contributed by atoms with Crippen LogP contribution in [0.3, 0.4) is 0 Å². The second-order valence-electron chi connectivity index (χ2n) is 6.69. The van der Waals surface area contributed by atoms with Crippen molar-refractivity contribution in [3.8, 4) is 11.1 Å². The third kappa shape index (κ3) is 1.89. The molecule has 5 rings (SSSR count). The molecule has 0 fully saturated rings. The molecule has 0 saturated heterocycles.